The van der Waals surface area contributed by atoms with Crippen molar-refractivity contribution in [2.24, 2.45) is 5.84 Å². The number of rotatable bonds is 5. The summed E-state index contributed by atoms with van der Waals surface area (Å²) < 4.78 is 25.3. The summed E-state index contributed by atoms with van der Waals surface area (Å²) in [6, 6.07) is 3.90. The predicted molar refractivity (Wildman–Crippen MR) is 50.3 cm³/mol. The van der Waals surface area contributed by atoms with Gasteiger partial charge in [0.05, 0.1) is 6.67 Å². The van der Waals surface area contributed by atoms with Crippen molar-refractivity contribution in [1.29, 1.82) is 0 Å². The summed E-state index contributed by atoms with van der Waals surface area (Å²) >= 11 is 0. The Hall–Kier alpha value is -1.04. The molecule has 0 heterocycles. The number of nitrogens with two attached hydrogens (primary N) is 1. The van der Waals surface area contributed by atoms with Gasteiger partial charge >= 0.3 is 0 Å². The van der Waals surface area contributed by atoms with Crippen molar-refractivity contribution < 1.29 is 8.78 Å². The average Bonchev–Trinajstić information content (AvgIpc) is 2.18. The highest BCUT2D eigenvalue weighted by Crippen LogP contribution is 2.08. The molecule has 1 rings (SSSR count). The van der Waals surface area contributed by atoms with E-state index >= 15 is 0 Å². The Bertz CT molecular complexity index is 291. The van der Waals surface area contributed by atoms with Gasteiger partial charge in [-0.25, -0.2) is 14.2 Å². The van der Waals surface area contributed by atoms with Crippen LogP contribution >= 0.6 is 0 Å². The second-order valence-electron chi connectivity index (χ2n) is 2.88. The summed E-state index contributed by atoms with van der Waals surface area (Å²) in [7, 11) is 0. The Morgan fingerprint density at radius 1 is 1.21 bits per heavy atom. The summed E-state index contributed by atoms with van der Waals surface area (Å²) in [4.78, 5) is 0. The molecular weight excluding hydrogens is 188 g/mol. The number of hydrogen-bond acceptors (Lipinski definition) is 3. The molecular formula is C9H13F2N3. The Balaban J connectivity index is 2.39. The average molecular weight is 201 g/mol. The molecule has 0 unspecified atom stereocenters. The van der Waals surface area contributed by atoms with Crippen LogP contribution in [-0.4, -0.2) is 13.2 Å². The van der Waals surface area contributed by atoms with Crippen molar-refractivity contribution in [3.05, 3.63) is 35.4 Å². The normalized spacial score (nSPS) is 10.5. The van der Waals surface area contributed by atoms with Gasteiger partial charge in [0.1, 0.15) is 0 Å². The first-order chi connectivity index (χ1) is 6.74. The van der Waals surface area contributed by atoms with Crippen LogP contribution in [0, 0.1) is 11.6 Å². The second kappa shape index (κ2) is 5.64. The van der Waals surface area contributed by atoms with Gasteiger partial charge in [-0.15, -0.1) is 0 Å². The van der Waals surface area contributed by atoms with Crippen LogP contribution in [0.4, 0.5) is 8.78 Å². The van der Waals surface area contributed by atoms with E-state index in [4.69, 9.17) is 5.84 Å². The first-order valence-electron chi connectivity index (χ1n) is 4.32. The molecule has 0 spiro atoms. The van der Waals surface area contributed by atoms with Gasteiger partial charge in [0.15, 0.2) is 11.6 Å². The second-order valence-corrected chi connectivity index (χ2v) is 2.88. The van der Waals surface area contributed by atoms with Crippen LogP contribution in [0.2, 0.25) is 0 Å². The lowest BCUT2D eigenvalue weighted by atomic mass is 10.1. The lowest BCUT2D eigenvalue weighted by Crippen LogP contribution is -2.34. The van der Waals surface area contributed by atoms with E-state index in [0.717, 1.165) is 11.6 Å². The maximum Gasteiger partial charge on any atom is 0.159 e. The van der Waals surface area contributed by atoms with Crippen LogP contribution < -0.4 is 16.6 Å². The molecule has 0 bridgehead atoms. The highest BCUT2D eigenvalue weighted by Gasteiger charge is 2.01. The molecule has 78 valence electrons. The van der Waals surface area contributed by atoms with Gasteiger partial charge in [-0.3, -0.25) is 5.84 Å². The van der Waals surface area contributed by atoms with Crippen LogP contribution in [0.15, 0.2) is 18.2 Å². The Morgan fingerprint density at radius 3 is 2.64 bits per heavy atom. The summed E-state index contributed by atoms with van der Waals surface area (Å²) in [5.41, 5.74) is 3.19. The van der Waals surface area contributed by atoms with Crippen molar-refractivity contribution in [2.75, 3.05) is 13.2 Å². The zero-order valence-electron chi connectivity index (χ0n) is 7.69. The molecule has 3 nitrogen and oxygen atoms in total. The number of hydrogen-bond donors (Lipinski definition) is 3. The van der Waals surface area contributed by atoms with Gasteiger partial charge in [0.2, 0.25) is 0 Å². The summed E-state index contributed by atoms with van der Waals surface area (Å²) in [6.45, 7) is 1.15. The van der Waals surface area contributed by atoms with E-state index in [1.807, 2.05) is 0 Å². The zero-order chi connectivity index (χ0) is 10.4. The van der Waals surface area contributed by atoms with E-state index in [9.17, 15) is 8.78 Å². The van der Waals surface area contributed by atoms with Crippen molar-refractivity contribution in [3.63, 3.8) is 0 Å². The third-order valence-electron chi connectivity index (χ3n) is 1.80. The van der Waals surface area contributed by atoms with E-state index in [0.29, 0.717) is 19.6 Å². The molecule has 14 heavy (non-hydrogen) atoms. The minimum atomic E-state index is -0.815. The van der Waals surface area contributed by atoms with Gasteiger partial charge in [-0.2, -0.15) is 0 Å². The van der Waals surface area contributed by atoms with Crippen molar-refractivity contribution in [2.45, 2.75) is 6.42 Å². The van der Waals surface area contributed by atoms with Gasteiger partial charge in [0.25, 0.3) is 0 Å². The number of benzene rings is 1. The molecule has 0 aliphatic carbocycles. The molecule has 1 aromatic carbocycles. The minimum Gasteiger partial charge on any atom is -0.303 e. The molecule has 0 aliphatic rings. The summed E-state index contributed by atoms with van der Waals surface area (Å²) in [6.07, 6.45) is 0.638. The van der Waals surface area contributed by atoms with Gasteiger partial charge in [-0.05, 0) is 24.1 Å². The Labute approximate surface area is 81.3 Å². The van der Waals surface area contributed by atoms with E-state index < -0.39 is 11.6 Å². The topological polar surface area (TPSA) is 50.1 Å². The van der Waals surface area contributed by atoms with Crippen LogP contribution in [0.25, 0.3) is 0 Å². The van der Waals surface area contributed by atoms with E-state index in [2.05, 4.69) is 10.7 Å². The smallest absolute Gasteiger partial charge is 0.159 e. The van der Waals surface area contributed by atoms with Crippen molar-refractivity contribution >= 4 is 0 Å². The highest BCUT2D eigenvalue weighted by atomic mass is 19.2. The number of hydrazine groups is 1. The molecule has 0 atom stereocenters. The first-order valence-corrected chi connectivity index (χ1v) is 4.32. The van der Waals surface area contributed by atoms with Crippen molar-refractivity contribution in [1.82, 2.24) is 10.7 Å². The maximum atomic E-state index is 12.7. The molecule has 0 saturated heterocycles. The zero-order valence-corrected chi connectivity index (χ0v) is 7.69. The number of halogens is 2. The van der Waals surface area contributed by atoms with Crippen LogP contribution in [-0.2, 0) is 6.42 Å². The van der Waals surface area contributed by atoms with E-state index in [-0.39, 0.29) is 0 Å². The van der Waals surface area contributed by atoms with Crippen LogP contribution in [0.3, 0.4) is 0 Å². The fraction of sp³-hybridized carbons (Fsp3) is 0.333. The fourth-order valence-corrected chi connectivity index (χ4v) is 1.09. The molecule has 5 heteroatoms. The molecule has 0 radical (unpaired) electrons. The third-order valence-corrected chi connectivity index (χ3v) is 1.80. The molecule has 0 aromatic heterocycles. The fourth-order valence-electron chi connectivity index (χ4n) is 1.09. The Morgan fingerprint density at radius 2 is 2.00 bits per heavy atom. The van der Waals surface area contributed by atoms with Crippen LogP contribution in [0.5, 0.6) is 0 Å². The largest absolute Gasteiger partial charge is 0.303 e. The quantitative estimate of drug-likeness (QED) is 0.282. The SMILES string of the molecule is NNCNCCc1ccc(F)c(F)c1. The summed E-state index contributed by atoms with van der Waals surface area (Å²) in [5, 5.41) is 2.97. The standard InChI is InChI=1S/C9H13F2N3/c10-8-2-1-7(5-9(8)11)3-4-13-6-14-12/h1-2,5,13-14H,3-4,6,12H2. The molecule has 0 saturated carbocycles. The lowest BCUT2D eigenvalue weighted by Gasteiger charge is -2.04. The molecule has 1 aromatic rings. The highest BCUT2D eigenvalue weighted by molar-refractivity contribution is 5.17. The molecule has 4 N–H and O–H groups in total. The third kappa shape index (κ3) is 3.37. The minimum absolute atomic E-state index is 0.490. The number of nitrogens with one attached hydrogen (secondary N) is 2. The lowest BCUT2D eigenvalue weighted by molar-refractivity contribution is 0.506. The van der Waals surface area contributed by atoms with E-state index in [1.165, 1.54) is 6.07 Å². The maximum absolute atomic E-state index is 12.7. The monoisotopic (exact) mass is 201 g/mol. The first kappa shape index (κ1) is 11.0. The molecule has 0 amide bonds. The summed E-state index contributed by atoms with van der Waals surface area (Å²) in [5.74, 6) is 3.41. The van der Waals surface area contributed by atoms with Gasteiger partial charge < -0.3 is 5.32 Å². The predicted octanol–water partition coefficient (Wildman–Crippen LogP) is 0.518. The van der Waals surface area contributed by atoms with E-state index in [1.54, 1.807) is 6.07 Å². The van der Waals surface area contributed by atoms with Crippen LogP contribution in [0.1, 0.15) is 5.56 Å². The van der Waals surface area contributed by atoms with Gasteiger partial charge in [0, 0.05) is 6.54 Å². The molecule has 0 aliphatic heterocycles. The van der Waals surface area contributed by atoms with Crippen molar-refractivity contribution in [3.8, 4) is 0 Å². The van der Waals surface area contributed by atoms with Gasteiger partial charge in [-0.1, -0.05) is 6.07 Å². The Kier molecular flexibility index (Phi) is 4.45. The molecule has 0 fully saturated rings.